The molecule has 164 valence electrons. The molecule has 3 aromatic carbocycles. The van der Waals surface area contributed by atoms with Gasteiger partial charge >= 0.3 is 196 Å². The van der Waals surface area contributed by atoms with Crippen molar-refractivity contribution in [3.8, 4) is 0 Å². The average molecular weight is 497 g/mol. The van der Waals surface area contributed by atoms with E-state index in [9.17, 15) is 0 Å². The van der Waals surface area contributed by atoms with Crippen LogP contribution in [0.15, 0.2) is 103 Å². The summed E-state index contributed by atoms with van der Waals surface area (Å²) in [6.45, 7) is 0.319. The fraction of sp³-hybridized carbons (Fsp3) is 0.286. The predicted octanol–water partition coefficient (Wildman–Crippen LogP) is 7.06. The van der Waals surface area contributed by atoms with Crippen LogP contribution in [0.4, 0.5) is 0 Å². The van der Waals surface area contributed by atoms with E-state index in [1.807, 2.05) is 0 Å². The van der Waals surface area contributed by atoms with Crippen molar-refractivity contribution in [2.75, 3.05) is 6.61 Å². The van der Waals surface area contributed by atoms with Crippen molar-refractivity contribution in [3.05, 3.63) is 103 Å². The van der Waals surface area contributed by atoms with Crippen LogP contribution in [0.5, 0.6) is 0 Å². The number of benzene rings is 3. The Bertz CT molecular complexity index is 826. The van der Waals surface area contributed by atoms with Gasteiger partial charge in [-0.3, -0.25) is 0 Å². The molecule has 0 aromatic heterocycles. The van der Waals surface area contributed by atoms with Crippen molar-refractivity contribution in [1.29, 1.82) is 0 Å². The van der Waals surface area contributed by atoms with Crippen molar-refractivity contribution in [3.63, 3.8) is 0 Å². The zero-order chi connectivity index (χ0) is 21.9. The van der Waals surface area contributed by atoms with Crippen LogP contribution >= 0.6 is 20.8 Å². The standard InChI is InChI=1S/C28H34BrOP/c29-31(26-18-10-7-11-19-26,27-20-12-8-13-21-27,28-22-14-9-15-23-28)25-17-6-4-2-1-3-5-16-24-30/h7-15,17-23,25,30H,1-6,16,24H2. The van der Waals surface area contributed by atoms with E-state index in [-0.39, 0.29) is 0 Å². The SMILES string of the molecule is OCCCCCCCCC=CP(Br)(c1ccccc1)(c1ccccc1)c1ccccc1. The van der Waals surface area contributed by atoms with E-state index < -0.39 is 5.31 Å². The molecule has 0 bridgehead atoms. The van der Waals surface area contributed by atoms with Crippen molar-refractivity contribution in [2.45, 2.75) is 44.9 Å². The van der Waals surface area contributed by atoms with Crippen LogP contribution in [0.1, 0.15) is 44.9 Å². The first kappa shape index (κ1) is 23.9. The summed E-state index contributed by atoms with van der Waals surface area (Å²) in [7, 11) is 0. The first-order chi connectivity index (χ1) is 15.2. The Kier molecular flexibility index (Phi) is 9.08. The van der Waals surface area contributed by atoms with Gasteiger partial charge in [-0.25, -0.2) is 0 Å². The van der Waals surface area contributed by atoms with Gasteiger partial charge in [0.1, 0.15) is 0 Å². The van der Waals surface area contributed by atoms with Crippen LogP contribution in [0.3, 0.4) is 0 Å². The second kappa shape index (κ2) is 11.8. The van der Waals surface area contributed by atoms with Gasteiger partial charge in [0.25, 0.3) is 0 Å². The fourth-order valence-corrected chi connectivity index (χ4v) is 11.1. The second-order valence-electron chi connectivity index (χ2n) is 8.10. The first-order valence-electron chi connectivity index (χ1n) is 11.4. The van der Waals surface area contributed by atoms with Gasteiger partial charge in [0.2, 0.25) is 0 Å². The zero-order valence-corrected chi connectivity index (χ0v) is 20.7. The molecule has 0 fully saturated rings. The number of hydrogen-bond donors (Lipinski definition) is 1. The van der Waals surface area contributed by atoms with Gasteiger partial charge in [0, 0.05) is 0 Å². The number of aliphatic hydroxyl groups is 1. The van der Waals surface area contributed by atoms with Gasteiger partial charge in [-0.1, -0.05) is 0 Å². The molecule has 0 aliphatic heterocycles. The molecule has 0 saturated heterocycles. The van der Waals surface area contributed by atoms with Gasteiger partial charge in [0.05, 0.1) is 0 Å². The van der Waals surface area contributed by atoms with Gasteiger partial charge in [0.15, 0.2) is 0 Å². The molecule has 1 nitrogen and oxygen atoms in total. The maximum absolute atomic E-state index is 8.91. The Labute approximate surface area is 195 Å². The Hall–Kier alpha value is -1.73. The normalized spacial score (nSPS) is 13.2. The Balaban J connectivity index is 1.93. The predicted molar refractivity (Wildman–Crippen MR) is 143 cm³/mol. The van der Waals surface area contributed by atoms with Crippen LogP contribution < -0.4 is 15.9 Å². The third-order valence-electron chi connectivity index (χ3n) is 5.95. The van der Waals surface area contributed by atoms with Crippen LogP contribution in [0.2, 0.25) is 0 Å². The summed E-state index contributed by atoms with van der Waals surface area (Å²) in [4.78, 5) is 0. The number of aliphatic hydroxyl groups excluding tert-OH is 1. The van der Waals surface area contributed by atoms with Crippen LogP contribution in [-0.2, 0) is 0 Å². The third kappa shape index (κ3) is 5.55. The molecule has 0 aliphatic carbocycles. The maximum atomic E-state index is 8.91. The molecule has 0 atom stereocenters. The molecule has 3 rings (SSSR count). The molecule has 3 heteroatoms. The zero-order valence-electron chi connectivity index (χ0n) is 18.2. The minimum atomic E-state index is -2.92. The molecule has 0 spiro atoms. The summed E-state index contributed by atoms with van der Waals surface area (Å²) in [5.41, 5.74) is 0. The molecular formula is C28H34BrOP. The summed E-state index contributed by atoms with van der Waals surface area (Å²) in [5.74, 6) is 2.48. The first-order valence-corrected chi connectivity index (χ1v) is 15.7. The average Bonchev–Trinajstić information content (AvgIpc) is 2.84. The molecule has 0 unspecified atom stereocenters. The van der Waals surface area contributed by atoms with E-state index >= 15 is 0 Å². The van der Waals surface area contributed by atoms with E-state index in [4.69, 9.17) is 5.11 Å². The van der Waals surface area contributed by atoms with Gasteiger partial charge in [-0.05, 0) is 0 Å². The fourth-order valence-electron chi connectivity index (χ4n) is 4.22. The Morgan fingerprint density at radius 1 is 0.581 bits per heavy atom. The molecule has 0 amide bonds. The molecule has 31 heavy (non-hydrogen) atoms. The van der Waals surface area contributed by atoms with Gasteiger partial charge in [-0.15, -0.1) is 0 Å². The monoisotopic (exact) mass is 496 g/mol. The van der Waals surface area contributed by atoms with Crippen LogP contribution in [0, 0.1) is 0 Å². The number of allylic oxidation sites excluding steroid dienone is 1. The number of rotatable bonds is 12. The quantitative estimate of drug-likeness (QED) is 0.210. The van der Waals surface area contributed by atoms with Crippen molar-refractivity contribution < 1.29 is 5.11 Å². The van der Waals surface area contributed by atoms with E-state index in [1.165, 1.54) is 41.6 Å². The third-order valence-corrected chi connectivity index (χ3v) is 15.0. The molecule has 0 saturated carbocycles. The van der Waals surface area contributed by atoms with E-state index in [0.29, 0.717) is 6.61 Å². The molecule has 1 N–H and O–H groups in total. The molecule has 0 aliphatic rings. The van der Waals surface area contributed by atoms with E-state index in [2.05, 4.69) is 118 Å². The Morgan fingerprint density at radius 2 is 0.968 bits per heavy atom. The van der Waals surface area contributed by atoms with E-state index in [1.54, 1.807) is 0 Å². The minimum absolute atomic E-state index is 0.319. The number of halogens is 1. The van der Waals surface area contributed by atoms with Crippen molar-refractivity contribution in [2.24, 2.45) is 0 Å². The molecular weight excluding hydrogens is 463 g/mol. The summed E-state index contributed by atoms with van der Waals surface area (Å²) < 4.78 is 0. The van der Waals surface area contributed by atoms with Crippen molar-refractivity contribution >= 4 is 36.7 Å². The Morgan fingerprint density at radius 3 is 1.39 bits per heavy atom. The topological polar surface area (TPSA) is 20.2 Å². The summed E-state index contributed by atoms with van der Waals surface area (Å²) >= 11 is 4.45. The van der Waals surface area contributed by atoms with Gasteiger partial charge < -0.3 is 0 Å². The van der Waals surface area contributed by atoms with Crippen molar-refractivity contribution in [1.82, 2.24) is 0 Å². The van der Waals surface area contributed by atoms with Crippen LogP contribution in [0.25, 0.3) is 0 Å². The second-order valence-corrected chi connectivity index (χ2v) is 16.5. The summed E-state index contributed by atoms with van der Waals surface area (Å²) in [6, 6.07) is 32.7. The van der Waals surface area contributed by atoms with E-state index in [0.717, 1.165) is 19.3 Å². The molecule has 0 radical (unpaired) electrons. The van der Waals surface area contributed by atoms with Gasteiger partial charge in [-0.2, -0.15) is 0 Å². The molecule has 3 aromatic rings. The summed E-state index contributed by atoms with van der Waals surface area (Å²) in [6.07, 6.45) is 10.5. The summed E-state index contributed by atoms with van der Waals surface area (Å²) in [5, 5.41) is 9.97. The number of hydrogen-bond acceptors (Lipinski definition) is 1. The van der Waals surface area contributed by atoms with Crippen LogP contribution in [-0.4, -0.2) is 11.7 Å². The molecule has 0 heterocycles. The number of unbranched alkanes of at least 4 members (excludes halogenated alkanes) is 6.